The van der Waals surface area contributed by atoms with Gasteiger partial charge in [-0.2, -0.15) is 11.8 Å². The first-order valence-corrected chi connectivity index (χ1v) is 7.95. The van der Waals surface area contributed by atoms with Gasteiger partial charge in [-0.15, -0.1) is 0 Å². The van der Waals surface area contributed by atoms with Crippen LogP contribution in [0.1, 0.15) is 36.5 Å². The Bertz CT molecular complexity index is 446. The van der Waals surface area contributed by atoms with Crippen molar-refractivity contribution in [3.8, 4) is 0 Å². The molecule has 0 unspecified atom stereocenters. The molecule has 0 bridgehead atoms. The summed E-state index contributed by atoms with van der Waals surface area (Å²) in [5.41, 5.74) is 0.672. The molecule has 0 aromatic carbocycles. The quantitative estimate of drug-likeness (QED) is 0.805. The molecule has 1 amide bonds. The van der Waals surface area contributed by atoms with Gasteiger partial charge in [0.1, 0.15) is 5.82 Å². The molecule has 5 heteroatoms. The molecule has 4 nitrogen and oxygen atoms in total. The molecular formula is C14H21N3OS. The van der Waals surface area contributed by atoms with Crippen molar-refractivity contribution in [1.82, 2.24) is 10.3 Å². The number of carbonyl (C=O) groups excluding carboxylic acids is 1. The van der Waals surface area contributed by atoms with Crippen LogP contribution in [0.3, 0.4) is 0 Å². The minimum absolute atomic E-state index is 0.0118. The summed E-state index contributed by atoms with van der Waals surface area (Å²) >= 11 is 1.85. The van der Waals surface area contributed by atoms with Gasteiger partial charge in [0, 0.05) is 29.6 Å². The highest BCUT2D eigenvalue weighted by Crippen LogP contribution is 2.46. The fraction of sp³-hybridized carbons (Fsp3) is 0.571. The second-order valence-corrected chi connectivity index (χ2v) is 6.20. The fourth-order valence-electron chi connectivity index (χ4n) is 1.86. The van der Waals surface area contributed by atoms with Gasteiger partial charge in [0.05, 0.1) is 0 Å². The van der Waals surface area contributed by atoms with Gasteiger partial charge in [0.15, 0.2) is 0 Å². The zero-order valence-corrected chi connectivity index (χ0v) is 12.3. The maximum atomic E-state index is 12.1. The Labute approximate surface area is 118 Å². The molecule has 1 fully saturated rings. The van der Waals surface area contributed by atoms with Crippen molar-refractivity contribution in [3.63, 3.8) is 0 Å². The molecule has 1 aromatic rings. The zero-order chi connectivity index (χ0) is 13.7. The van der Waals surface area contributed by atoms with Crippen LogP contribution in [0.2, 0.25) is 0 Å². The van der Waals surface area contributed by atoms with E-state index in [2.05, 4.69) is 28.8 Å². The highest BCUT2D eigenvalue weighted by Gasteiger charge is 2.41. The molecule has 1 aliphatic rings. The number of hydrogen-bond acceptors (Lipinski definition) is 4. The van der Waals surface area contributed by atoms with Crippen molar-refractivity contribution in [1.29, 1.82) is 0 Å². The SMILES string of the molecule is CCCNc1cc(C(=O)NCC2(SC)CC2)ccn1. The van der Waals surface area contributed by atoms with Gasteiger partial charge in [0.25, 0.3) is 5.91 Å². The van der Waals surface area contributed by atoms with Crippen LogP contribution in [0.15, 0.2) is 18.3 Å². The van der Waals surface area contributed by atoms with Crippen molar-refractivity contribution < 1.29 is 4.79 Å². The Kier molecular flexibility index (Phi) is 4.69. The molecule has 1 aromatic heterocycles. The molecule has 2 rings (SSSR count). The normalized spacial score (nSPS) is 15.9. The Morgan fingerprint density at radius 2 is 2.32 bits per heavy atom. The Balaban J connectivity index is 1.91. The fourth-order valence-corrected chi connectivity index (χ4v) is 2.58. The van der Waals surface area contributed by atoms with Crippen LogP contribution in [0.4, 0.5) is 5.82 Å². The van der Waals surface area contributed by atoms with Crippen molar-refractivity contribution in [2.45, 2.75) is 30.9 Å². The molecule has 0 saturated heterocycles. The van der Waals surface area contributed by atoms with E-state index in [0.29, 0.717) is 10.3 Å². The Morgan fingerprint density at radius 3 is 2.95 bits per heavy atom. The highest BCUT2D eigenvalue weighted by molar-refractivity contribution is 8.00. The topological polar surface area (TPSA) is 54.0 Å². The Hall–Kier alpha value is -1.23. The van der Waals surface area contributed by atoms with E-state index < -0.39 is 0 Å². The number of amides is 1. The average Bonchev–Trinajstić information content (AvgIpc) is 3.23. The molecular weight excluding hydrogens is 258 g/mol. The first kappa shape index (κ1) is 14.2. The van der Waals surface area contributed by atoms with E-state index in [1.165, 1.54) is 12.8 Å². The molecule has 0 aliphatic heterocycles. The number of anilines is 1. The number of carbonyl (C=O) groups is 1. The number of rotatable bonds is 7. The van der Waals surface area contributed by atoms with E-state index in [0.717, 1.165) is 25.3 Å². The minimum Gasteiger partial charge on any atom is -0.370 e. The number of aromatic nitrogens is 1. The third-order valence-electron chi connectivity index (χ3n) is 3.39. The average molecular weight is 279 g/mol. The monoisotopic (exact) mass is 279 g/mol. The van der Waals surface area contributed by atoms with Crippen LogP contribution >= 0.6 is 11.8 Å². The lowest BCUT2D eigenvalue weighted by atomic mass is 10.2. The molecule has 104 valence electrons. The van der Waals surface area contributed by atoms with Crippen molar-refractivity contribution >= 4 is 23.5 Å². The maximum absolute atomic E-state index is 12.1. The van der Waals surface area contributed by atoms with Crippen LogP contribution in [0.25, 0.3) is 0 Å². The van der Waals surface area contributed by atoms with Crippen LogP contribution < -0.4 is 10.6 Å². The lowest BCUT2D eigenvalue weighted by molar-refractivity contribution is 0.0953. The largest absolute Gasteiger partial charge is 0.370 e. The standard InChI is InChI=1S/C14H21N3OS/c1-3-7-15-12-9-11(4-8-16-12)13(18)17-10-14(19-2)5-6-14/h4,8-9H,3,5-7,10H2,1-2H3,(H,15,16)(H,17,18). The molecule has 1 saturated carbocycles. The van der Waals surface area contributed by atoms with Crippen molar-refractivity contribution in [3.05, 3.63) is 23.9 Å². The first-order valence-electron chi connectivity index (χ1n) is 6.72. The predicted octanol–water partition coefficient (Wildman–Crippen LogP) is 2.53. The number of thioether (sulfide) groups is 1. The van der Waals surface area contributed by atoms with Crippen LogP contribution in [0.5, 0.6) is 0 Å². The maximum Gasteiger partial charge on any atom is 0.251 e. The van der Waals surface area contributed by atoms with Crippen LogP contribution in [-0.2, 0) is 0 Å². The van der Waals surface area contributed by atoms with Crippen LogP contribution in [0, 0.1) is 0 Å². The lowest BCUT2D eigenvalue weighted by Crippen LogP contribution is -2.31. The molecule has 1 aliphatic carbocycles. The molecule has 19 heavy (non-hydrogen) atoms. The van der Waals surface area contributed by atoms with Gasteiger partial charge in [-0.1, -0.05) is 6.92 Å². The van der Waals surface area contributed by atoms with E-state index >= 15 is 0 Å². The summed E-state index contributed by atoms with van der Waals surface area (Å²) in [4.78, 5) is 16.3. The van der Waals surface area contributed by atoms with Crippen molar-refractivity contribution in [2.75, 3.05) is 24.7 Å². The van der Waals surface area contributed by atoms with Gasteiger partial charge in [-0.05, 0) is 37.7 Å². The predicted molar refractivity (Wildman–Crippen MR) is 80.8 cm³/mol. The molecule has 2 N–H and O–H groups in total. The van der Waals surface area contributed by atoms with Gasteiger partial charge < -0.3 is 10.6 Å². The third-order valence-corrected chi connectivity index (χ3v) is 4.81. The minimum atomic E-state index is -0.0118. The summed E-state index contributed by atoms with van der Waals surface area (Å²) in [6, 6.07) is 3.56. The van der Waals surface area contributed by atoms with E-state index in [9.17, 15) is 4.79 Å². The van der Waals surface area contributed by atoms with Gasteiger partial charge in [-0.3, -0.25) is 4.79 Å². The van der Waals surface area contributed by atoms with Gasteiger partial charge in [-0.25, -0.2) is 4.98 Å². The molecule has 0 spiro atoms. The third kappa shape index (κ3) is 3.86. The second kappa shape index (κ2) is 6.28. The molecule has 0 atom stereocenters. The number of pyridine rings is 1. The summed E-state index contributed by atoms with van der Waals surface area (Å²) in [6.07, 6.45) is 7.23. The van der Waals surface area contributed by atoms with E-state index in [1.54, 1.807) is 12.3 Å². The summed E-state index contributed by atoms with van der Waals surface area (Å²) < 4.78 is 0.298. The zero-order valence-electron chi connectivity index (χ0n) is 11.5. The first-order chi connectivity index (χ1) is 9.19. The van der Waals surface area contributed by atoms with Crippen LogP contribution in [-0.4, -0.2) is 35.0 Å². The van der Waals surface area contributed by atoms with Crippen molar-refractivity contribution in [2.24, 2.45) is 0 Å². The molecule has 0 radical (unpaired) electrons. The van der Waals surface area contributed by atoms with E-state index in [4.69, 9.17) is 0 Å². The smallest absolute Gasteiger partial charge is 0.251 e. The summed E-state index contributed by atoms with van der Waals surface area (Å²) in [7, 11) is 0. The number of nitrogens with one attached hydrogen (secondary N) is 2. The summed E-state index contributed by atoms with van der Waals surface area (Å²) in [6.45, 7) is 3.72. The lowest BCUT2D eigenvalue weighted by Gasteiger charge is -2.13. The van der Waals surface area contributed by atoms with Gasteiger partial charge >= 0.3 is 0 Å². The molecule has 1 heterocycles. The summed E-state index contributed by atoms with van der Waals surface area (Å²) in [5.74, 6) is 0.753. The van der Waals surface area contributed by atoms with E-state index in [1.807, 2.05) is 17.8 Å². The Morgan fingerprint density at radius 1 is 1.53 bits per heavy atom. The van der Waals surface area contributed by atoms with E-state index in [-0.39, 0.29) is 5.91 Å². The summed E-state index contributed by atoms with van der Waals surface area (Å²) in [5, 5.41) is 6.21. The number of hydrogen-bond donors (Lipinski definition) is 2. The van der Waals surface area contributed by atoms with Gasteiger partial charge in [0.2, 0.25) is 0 Å². The highest BCUT2D eigenvalue weighted by atomic mass is 32.2. The number of nitrogens with zero attached hydrogens (tertiary/aromatic N) is 1. The second-order valence-electron chi connectivity index (χ2n) is 4.93.